The van der Waals surface area contributed by atoms with Crippen molar-refractivity contribution in [1.82, 2.24) is 23.9 Å². The van der Waals surface area contributed by atoms with E-state index < -0.39 is 21.7 Å². The molecule has 36 heavy (non-hydrogen) atoms. The molecule has 2 aliphatic rings. The molecule has 2 fully saturated rings. The molecule has 4 heterocycles. The van der Waals surface area contributed by atoms with E-state index >= 15 is 0 Å². The van der Waals surface area contributed by atoms with Gasteiger partial charge in [-0.1, -0.05) is 12.1 Å². The van der Waals surface area contributed by atoms with Crippen LogP contribution in [-0.2, 0) is 21.3 Å². The largest absolute Gasteiger partial charge is 0.465 e. The number of pyridine rings is 1. The molecule has 0 atom stereocenters. The van der Waals surface area contributed by atoms with Crippen LogP contribution in [0.1, 0.15) is 28.8 Å². The van der Waals surface area contributed by atoms with Gasteiger partial charge in [-0.2, -0.15) is 4.31 Å². The lowest BCUT2D eigenvalue weighted by Crippen LogP contribution is -2.58. The summed E-state index contributed by atoms with van der Waals surface area (Å²) < 4.78 is 35.8. The number of hydrogen-bond donors (Lipinski definition) is 2. The summed E-state index contributed by atoms with van der Waals surface area (Å²) in [6, 6.07) is 9.93. The fraction of sp³-hybridized carbons (Fsp3) is 0.375. The zero-order valence-electron chi connectivity index (χ0n) is 19.5. The number of carbonyl (C=O) groups is 2. The summed E-state index contributed by atoms with van der Waals surface area (Å²) in [6.45, 7) is 1.59. The first-order chi connectivity index (χ1) is 17.3. The van der Waals surface area contributed by atoms with Gasteiger partial charge < -0.3 is 24.5 Å². The van der Waals surface area contributed by atoms with Crippen LogP contribution in [0.15, 0.2) is 59.9 Å². The van der Waals surface area contributed by atoms with Gasteiger partial charge in [-0.05, 0) is 42.7 Å². The van der Waals surface area contributed by atoms with Gasteiger partial charge in [0, 0.05) is 51.3 Å². The number of carboxylic acid groups (broad SMARTS) is 1. The summed E-state index contributed by atoms with van der Waals surface area (Å²) in [5, 5.41) is 12.0. The molecule has 2 N–H and O–H groups in total. The number of sulfonamides is 1. The average molecular weight is 514 g/mol. The third-order valence-electron chi connectivity index (χ3n) is 6.82. The number of rotatable bonds is 5. The fourth-order valence-corrected chi connectivity index (χ4v) is 6.19. The Labute approximate surface area is 208 Å². The van der Waals surface area contributed by atoms with E-state index in [1.54, 1.807) is 59.4 Å². The number of benzene rings is 1. The zero-order chi connectivity index (χ0) is 25.3. The Bertz CT molecular complexity index is 1380. The minimum atomic E-state index is -3.75. The van der Waals surface area contributed by atoms with Gasteiger partial charge in [-0.3, -0.25) is 4.79 Å². The molecule has 2 amide bonds. The molecule has 2 aromatic heterocycles. The number of morpholine rings is 1. The lowest BCUT2D eigenvalue weighted by molar-refractivity contribution is -0.116. The topological polar surface area (TPSA) is 134 Å². The molecule has 12 heteroatoms. The van der Waals surface area contributed by atoms with Crippen molar-refractivity contribution in [3.63, 3.8) is 0 Å². The molecule has 1 aromatic carbocycles. The highest BCUT2D eigenvalue weighted by molar-refractivity contribution is 7.89. The maximum Gasteiger partial charge on any atom is 0.407 e. The predicted octanol–water partition coefficient (Wildman–Crippen LogP) is 1.80. The summed E-state index contributed by atoms with van der Waals surface area (Å²) in [7, 11) is -3.75. The SMILES string of the molecule is O=C(NCc1ccc(S(=O)(=O)N2CCOC3(CCN(C(=O)O)CC3)C2)cc1)c1ccc2nccn2c1. The van der Waals surface area contributed by atoms with Gasteiger partial charge in [0.05, 0.1) is 22.7 Å². The molecule has 0 saturated carbocycles. The first kappa shape index (κ1) is 24.2. The van der Waals surface area contributed by atoms with Crippen LogP contribution in [0.25, 0.3) is 5.65 Å². The van der Waals surface area contributed by atoms with E-state index in [1.165, 1.54) is 9.21 Å². The van der Waals surface area contributed by atoms with Crippen LogP contribution in [0.4, 0.5) is 4.79 Å². The van der Waals surface area contributed by atoms with Crippen molar-refractivity contribution in [3.8, 4) is 0 Å². The second kappa shape index (κ2) is 9.52. The Morgan fingerprint density at radius 1 is 1.08 bits per heavy atom. The summed E-state index contributed by atoms with van der Waals surface area (Å²) in [4.78, 5) is 29.4. The summed E-state index contributed by atoms with van der Waals surface area (Å²) in [5.41, 5.74) is 1.35. The number of piperidine rings is 1. The number of imidazole rings is 1. The first-order valence-electron chi connectivity index (χ1n) is 11.7. The third-order valence-corrected chi connectivity index (χ3v) is 8.68. The molecule has 2 aliphatic heterocycles. The van der Waals surface area contributed by atoms with E-state index in [0.717, 1.165) is 11.2 Å². The fourth-order valence-electron chi connectivity index (χ4n) is 4.69. The molecule has 1 spiro atoms. The normalized spacial score (nSPS) is 18.4. The second-order valence-corrected chi connectivity index (χ2v) is 11.0. The van der Waals surface area contributed by atoms with Crippen LogP contribution in [0.2, 0.25) is 0 Å². The summed E-state index contributed by atoms with van der Waals surface area (Å²) >= 11 is 0. The average Bonchev–Trinajstić information content (AvgIpc) is 3.36. The number of likely N-dealkylation sites (tertiary alicyclic amines) is 1. The number of amides is 2. The number of nitrogens with zero attached hydrogens (tertiary/aromatic N) is 4. The van der Waals surface area contributed by atoms with Gasteiger partial charge in [0.15, 0.2) is 0 Å². The highest BCUT2D eigenvalue weighted by Crippen LogP contribution is 2.32. The van der Waals surface area contributed by atoms with Gasteiger partial charge in [-0.15, -0.1) is 0 Å². The first-order valence-corrected chi connectivity index (χ1v) is 13.1. The molecule has 11 nitrogen and oxygen atoms in total. The molecule has 3 aromatic rings. The van der Waals surface area contributed by atoms with Crippen LogP contribution < -0.4 is 5.32 Å². The van der Waals surface area contributed by atoms with Crippen molar-refractivity contribution in [1.29, 1.82) is 0 Å². The molecule has 0 radical (unpaired) electrons. The van der Waals surface area contributed by atoms with Crippen molar-refractivity contribution in [3.05, 3.63) is 66.1 Å². The van der Waals surface area contributed by atoms with Crippen molar-refractivity contribution >= 4 is 27.7 Å². The van der Waals surface area contributed by atoms with E-state index in [-0.39, 0.29) is 37.0 Å². The van der Waals surface area contributed by atoms with E-state index in [4.69, 9.17) is 4.74 Å². The van der Waals surface area contributed by atoms with Gasteiger partial charge in [0.25, 0.3) is 5.91 Å². The van der Waals surface area contributed by atoms with E-state index in [1.807, 2.05) is 0 Å². The molecule has 5 rings (SSSR count). The smallest absolute Gasteiger partial charge is 0.407 e. The second-order valence-electron chi connectivity index (χ2n) is 9.08. The highest BCUT2D eigenvalue weighted by Gasteiger charge is 2.43. The van der Waals surface area contributed by atoms with Crippen molar-refractivity contribution in [2.24, 2.45) is 0 Å². The van der Waals surface area contributed by atoms with Crippen LogP contribution in [0.5, 0.6) is 0 Å². The van der Waals surface area contributed by atoms with E-state index in [0.29, 0.717) is 31.5 Å². The highest BCUT2D eigenvalue weighted by atomic mass is 32.2. The number of ether oxygens (including phenoxy) is 1. The Balaban J connectivity index is 1.21. The summed E-state index contributed by atoms with van der Waals surface area (Å²) in [5.74, 6) is -0.241. The van der Waals surface area contributed by atoms with Crippen molar-refractivity contribution in [2.45, 2.75) is 29.9 Å². The lowest BCUT2D eigenvalue weighted by atomic mass is 9.90. The Morgan fingerprint density at radius 2 is 1.83 bits per heavy atom. The Kier molecular flexibility index (Phi) is 6.41. The minimum Gasteiger partial charge on any atom is -0.465 e. The molecule has 0 unspecified atom stereocenters. The maximum absolute atomic E-state index is 13.3. The van der Waals surface area contributed by atoms with Crippen molar-refractivity contribution < 1.29 is 27.9 Å². The Hall–Kier alpha value is -3.48. The predicted molar refractivity (Wildman–Crippen MR) is 129 cm³/mol. The monoisotopic (exact) mass is 513 g/mol. The molecular formula is C24H27N5O6S. The van der Waals surface area contributed by atoms with Crippen LogP contribution >= 0.6 is 0 Å². The lowest BCUT2D eigenvalue weighted by Gasteiger charge is -2.46. The van der Waals surface area contributed by atoms with E-state index in [2.05, 4.69) is 10.3 Å². The molecule has 0 aliphatic carbocycles. The third kappa shape index (κ3) is 4.79. The van der Waals surface area contributed by atoms with Gasteiger partial charge in [0.1, 0.15) is 5.65 Å². The molecule has 2 saturated heterocycles. The quantitative estimate of drug-likeness (QED) is 0.531. The molecule has 0 bridgehead atoms. The van der Waals surface area contributed by atoms with Crippen molar-refractivity contribution in [2.75, 3.05) is 32.8 Å². The number of nitrogens with one attached hydrogen (secondary N) is 1. The van der Waals surface area contributed by atoms with Gasteiger partial charge >= 0.3 is 6.09 Å². The number of hydrogen-bond acceptors (Lipinski definition) is 6. The summed E-state index contributed by atoms with van der Waals surface area (Å²) in [6.07, 6.45) is 5.07. The molecule has 190 valence electrons. The van der Waals surface area contributed by atoms with Crippen LogP contribution in [0, 0.1) is 0 Å². The molecular weight excluding hydrogens is 486 g/mol. The van der Waals surface area contributed by atoms with Crippen LogP contribution in [-0.4, -0.2) is 82.5 Å². The zero-order valence-corrected chi connectivity index (χ0v) is 20.4. The number of carbonyl (C=O) groups excluding carboxylic acids is 1. The maximum atomic E-state index is 13.3. The standard InChI is InChI=1S/C24H27N5O6S/c30-22(19-3-6-21-25-9-12-28(21)16-19)26-15-18-1-4-20(5-2-18)36(33,34)29-13-14-35-24(17-29)7-10-27(11-8-24)23(31)32/h1-6,9,12,16H,7-8,10-11,13-15,17H2,(H,26,30)(H,31,32). The Morgan fingerprint density at radius 3 is 2.56 bits per heavy atom. The number of aromatic nitrogens is 2. The van der Waals surface area contributed by atoms with Crippen LogP contribution in [0.3, 0.4) is 0 Å². The van der Waals surface area contributed by atoms with Gasteiger partial charge in [-0.25, -0.2) is 18.2 Å². The van der Waals surface area contributed by atoms with E-state index in [9.17, 15) is 23.1 Å². The minimum absolute atomic E-state index is 0.170. The number of fused-ring (bicyclic) bond motifs is 1. The van der Waals surface area contributed by atoms with Gasteiger partial charge in [0.2, 0.25) is 10.0 Å².